The fourth-order valence-corrected chi connectivity index (χ4v) is 2.09. The summed E-state index contributed by atoms with van der Waals surface area (Å²) in [6.07, 6.45) is -2.97. The molecule has 29 N–H and O–H groups in total. The molecule has 0 spiro atoms. The van der Waals surface area contributed by atoms with Crippen LogP contribution < -0.4 is 10.2 Å². The van der Waals surface area contributed by atoms with Crippen LogP contribution in [-0.4, -0.2) is 121 Å². The summed E-state index contributed by atoms with van der Waals surface area (Å²) in [6, 6.07) is 0. The van der Waals surface area contributed by atoms with Gasteiger partial charge >= 0.3 is 69.1 Å². The Kier molecular flexibility index (Phi) is 128. The van der Waals surface area contributed by atoms with Crippen molar-refractivity contribution in [3.8, 4) is 0 Å². The third-order valence-corrected chi connectivity index (χ3v) is 2.85. The molecular formula is C12H30Cu5O24+. The SMILES string of the molecule is O.O.O.O.O.O.O.O.O.O.O.O.O=C(O)c1c(C(=O)O)c(C(=O)[O-])c(C(O)O)c(C(=O)O)c1C(=O)[O-].[Cu+].[Cu+].[Cu+].[Cu].[Cu]. The number of rotatable bonds is 6. The molecule has 0 aliphatic carbocycles. The number of carboxylic acids is 5. The third kappa shape index (κ3) is 23.8. The molecule has 1 aromatic carbocycles. The van der Waals surface area contributed by atoms with E-state index in [0.717, 1.165) is 0 Å². The van der Waals surface area contributed by atoms with E-state index in [4.69, 9.17) is 15.3 Å². The van der Waals surface area contributed by atoms with Crippen LogP contribution in [0.5, 0.6) is 0 Å². The van der Waals surface area contributed by atoms with Gasteiger partial charge < -0.3 is 111 Å². The molecule has 2 radical (unpaired) electrons. The van der Waals surface area contributed by atoms with Crippen LogP contribution >= 0.6 is 0 Å². The quantitative estimate of drug-likeness (QED) is 0.131. The molecule has 0 saturated heterocycles. The molecule has 0 bridgehead atoms. The minimum Gasteiger partial charge on any atom is -0.545 e. The van der Waals surface area contributed by atoms with Crippen LogP contribution in [0.25, 0.3) is 0 Å². The van der Waals surface area contributed by atoms with Crippen LogP contribution in [0.1, 0.15) is 63.6 Å². The number of aromatic carboxylic acids is 5. The number of carbonyl (C=O) groups excluding carboxylic acids is 2. The summed E-state index contributed by atoms with van der Waals surface area (Å²) in [5.74, 6) is -11.8. The Morgan fingerprint density at radius 3 is 0.780 bits per heavy atom. The molecule has 0 unspecified atom stereocenters. The maximum absolute atomic E-state index is 11.2. The number of aliphatic hydroxyl groups is 2. The van der Waals surface area contributed by atoms with Crippen molar-refractivity contribution < 1.29 is 211 Å². The van der Waals surface area contributed by atoms with E-state index in [2.05, 4.69) is 0 Å². The van der Waals surface area contributed by atoms with E-state index in [1.54, 1.807) is 0 Å². The molecule has 0 aliphatic heterocycles. The number of aliphatic hydroxyl groups excluding tert-OH is 1. The molecular weight excluding hydrogens is 846 g/mol. The van der Waals surface area contributed by atoms with E-state index >= 15 is 0 Å². The average Bonchev–Trinajstić information content (AvgIpc) is 2.42. The fraction of sp³-hybridized carbons (Fsp3) is 0.0833. The predicted molar refractivity (Wildman–Crippen MR) is 107 cm³/mol. The van der Waals surface area contributed by atoms with Gasteiger partial charge in [0.05, 0.1) is 28.6 Å². The second-order valence-corrected chi connectivity index (χ2v) is 4.15. The molecule has 276 valence electrons. The molecule has 0 atom stereocenters. The zero-order valence-corrected chi connectivity index (χ0v) is 23.4. The van der Waals surface area contributed by atoms with Gasteiger partial charge in [-0.05, 0) is 0 Å². The van der Waals surface area contributed by atoms with Crippen molar-refractivity contribution in [3.63, 3.8) is 0 Å². The van der Waals surface area contributed by atoms with Gasteiger partial charge in [-0.15, -0.1) is 0 Å². The first kappa shape index (κ1) is 116. The molecule has 29 heteroatoms. The Hall–Kier alpha value is -1.39. The number of carboxylic acid groups (broad SMARTS) is 5. The first-order valence-corrected chi connectivity index (χ1v) is 5.65. The van der Waals surface area contributed by atoms with Crippen LogP contribution in [0.3, 0.4) is 0 Å². The minimum atomic E-state index is -2.97. The van der Waals surface area contributed by atoms with Crippen molar-refractivity contribution in [2.45, 2.75) is 6.29 Å². The summed E-state index contributed by atoms with van der Waals surface area (Å²) in [4.78, 5) is 55.9. The van der Waals surface area contributed by atoms with Gasteiger partial charge in [0.2, 0.25) is 0 Å². The molecule has 0 aliphatic rings. The van der Waals surface area contributed by atoms with Gasteiger partial charge in [0, 0.05) is 50.8 Å². The smallest absolute Gasteiger partial charge is 0.545 e. The summed E-state index contributed by atoms with van der Waals surface area (Å²) in [6.45, 7) is 0. The molecule has 0 aromatic heterocycles. The van der Waals surface area contributed by atoms with Crippen molar-refractivity contribution >= 4 is 29.8 Å². The molecule has 0 heterocycles. The second-order valence-electron chi connectivity index (χ2n) is 4.15. The normalized spacial score (nSPS) is 6.12. The standard InChI is InChI=1S/C12H8O12.5Cu.12H2O/c13-7(14)1-2(8(15)16)4(10(19)20)6(12(23)24)5(11(21)22)3(1)9(17)18;;;;;;;;;;;;;;;;;/h7,13-14H,(H,15,16)(H,17,18)(H,19,20)(H,21,22)(H,23,24);;;;;;12*1H2/q;;;3*+1;;;;;;;;;;;;/p-2. The van der Waals surface area contributed by atoms with Crippen LogP contribution in [0.4, 0.5) is 0 Å². The Labute approximate surface area is 279 Å². The first-order chi connectivity index (χ1) is 10.9. The summed E-state index contributed by atoms with van der Waals surface area (Å²) in [7, 11) is 0. The van der Waals surface area contributed by atoms with Gasteiger partial charge in [0.1, 0.15) is 0 Å². The topological polar surface area (TPSA) is 611 Å². The Bertz CT molecular complexity index is 766. The molecule has 0 fully saturated rings. The molecule has 24 nitrogen and oxygen atoms in total. The van der Waals surface area contributed by atoms with Gasteiger partial charge in [-0.3, -0.25) is 0 Å². The number of benzene rings is 1. The summed E-state index contributed by atoms with van der Waals surface area (Å²) >= 11 is 0. The predicted octanol–water partition coefficient (Wildman–Crippen LogP) is -13.4. The second kappa shape index (κ2) is 45.6. The van der Waals surface area contributed by atoms with Crippen molar-refractivity contribution in [2.24, 2.45) is 0 Å². The Morgan fingerprint density at radius 2 is 0.634 bits per heavy atom. The van der Waals surface area contributed by atoms with E-state index in [1.165, 1.54) is 0 Å². The van der Waals surface area contributed by atoms with Gasteiger partial charge in [0.15, 0.2) is 6.29 Å². The monoisotopic (exact) mass is 873 g/mol. The van der Waals surface area contributed by atoms with E-state index < -0.39 is 69.5 Å². The largest absolute Gasteiger partial charge is 1.00 e. The summed E-state index contributed by atoms with van der Waals surface area (Å²) in [5, 5.41) is 67.6. The zero-order valence-electron chi connectivity index (χ0n) is 18.7. The van der Waals surface area contributed by atoms with Crippen molar-refractivity contribution in [2.75, 3.05) is 0 Å². The number of hydrogen-bond donors (Lipinski definition) is 5. The van der Waals surface area contributed by atoms with Crippen molar-refractivity contribution in [1.82, 2.24) is 0 Å². The van der Waals surface area contributed by atoms with Gasteiger partial charge in [-0.25, -0.2) is 14.4 Å². The molecule has 1 aromatic rings. The fourth-order valence-electron chi connectivity index (χ4n) is 2.09. The summed E-state index contributed by atoms with van der Waals surface area (Å²) < 4.78 is 0. The van der Waals surface area contributed by atoms with Gasteiger partial charge in [-0.2, -0.15) is 0 Å². The van der Waals surface area contributed by atoms with Gasteiger partial charge in [-0.1, -0.05) is 0 Å². The molecule has 1 rings (SSSR count). The van der Waals surface area contributed by atoms with E-state index in [0.29, 0.717) is 0 Å². The molecule has 0 saturated carbocycles. The van der Waals surface area contributed by atoms with Crippen molar-refractivity contribution in [3.05, 3.63) is 33.4 Å². The summed E-state index contributed by atoms with van der Waals surface area (Å²) in [5.41, 5.74) is -10.1. The van der Waals surface area contributed by atoms with Crippen LogP contribution in [0, 0.1) is 0 Å². The van der Waals surface area contributed by atoms with Gasteiger partial charge in [0.25, 0.3) is 0 Å². The third-order valence-electron chi connectivity index (χ3n) is 2.85. The maximum Gasteiger partial charge on any atom is 1.00 e. The Morgan fingerprint density at radius 1 is 0.439 bits per heavy atom. The van der Waals surface area contributed by atoms with Crippen molar-refractivity contribution in [1.29, 1.82) is 0 Å². The van der Waals surface area contributed by atoms with Crippen LogP contribution in [0.15, 0.2) is 0 Å². The number of hydrogen-bond acceptors (Lipinski definition) is 9. The minimum absolute atomic E-state index is 0. The molecule has 0 amide bonds. The molecule has 41 heavy (non-hydrogen) atoms. The van der Waals surface area contributed by atoms with E-state index in [-0.39, 0.29) is 151 Å². The Balaban J connectivity index is -0.0000000226. The van der Waals surface area contributed by atoms with E-state index in [1.807, 2.05) is 0 Å². The van der Waals surface area contributed by atoms with Crippen LogP contribution in [-0.2, 0) is 85.3 Å². The maximum atomic E-state index is 11.2. The first-order valence-electron chi connectivity index (χ1n) is 5.65. The van der Waals surface area contributed by atoms with E-state index in [9.17, 15) is 44.4 Å². The number of carbonyl (C=O) groups is 5. The average molecular weight is 876 g/mol. The van der Waals surface area contributed by atoms with Crippen LogP contribution in [0.2, 0.25) is 0 Å². The zero-order chi connectivity index (χ0) is 18.9.